The Morgan fingerprint density at radius 3 is 2.65 bits per heavy atom. The number of fused-ring (bicyclic) bond motifs is 2. The first kappa shape index (κ1) is 10.8. The van der Waals surface area contributed by atoms with Crippen molar-refractivity contribution < 1.29 is 5.11 Å². The zero-order chi connectivity index (χ0) is 12.0. The Morgan fingerprint density at radius 2 is 2.00 bits per heavy atom. The van der Waals surface area contributed by atoms with Crippen LogP contribution in [0.3, 0.4) is 0 Å². The Morgan fingerprint density at radius 1 is 1.35 bits per heavy atom. The van der Waals surface area contributed by atoms with Crippen molar-refractivity contribution >= 4 is 5.82 Å². The minimum atomic E-state index is -0.212. The molecule has 5 nitrogen and oxygen atoms in total. The topological polar surface area (TPSA) is 58.4 Å². The summed E-state index contributed by atoms with van der Waals surface area (Å²) >= 11 is 0. The molecule has 0 amide bonds. The molecule has 0 aromatic carbocycles. The highest BCUT2D eigenvalue weighted by Gasteiger charge is 2.41. The van der Waals surface area contributed by atoms with E-state index in [1.54, 1.807) is 24.0 Å². The molecule has 1 aromatic heterocycles. The van der Waals surface area contributed by atoms with Gasteiger partial charge in [0.25, 0.3) is 5.56 Å². The van der Waals surface area contributed by atoms with Crippen LogP contribution in [0.5, 0.6) is 0 Å². The van der Waals surface area contributed by atoms with E-state index in [0.717, 1.165) is 25.7 Å². The van der Waals surface area contributed by atoms with Gasteiger partial charge in [-0.15, -0.1) is 0 Å². The molecular weight excluding hydrogens is 218 g/mol. The third-order valence-electron chi connectivity index (χ3n) is 3.95. The van der Waals surface area contributed by atoms with Crippen LogP contribution in [-0.4, -0.2) is 32.8 Å². The fraction of sp³-hybridized carbons (Fsp3) is 0.667. The summed E-state index contributed by atoms with van der Waals surface area (Å²) in [7, 11) is 1.74. The second kappa shape index (κ2) is 3.84. The molecule has 2 aliphatic heterocycles. The van der Waals surface area contributed by atoms with E-state index in [1.165, 1.54) is 0 Å². The largest absolute Gasteiger partial charge is 0.393 e. The summed E-state index contributed by atoms with van der Waals surface area (Å²) in [5, 5.41) is 9.75. The van der Waals surface area contributed by atoms with Crippen LogP contribution >= 0.6 is 0 Å². The Hall–Kier alpha value is -1.36. The van der Waals surface area contributed by atoms with E-state index in [0.29, 0.717) is 5.82 Å². The van der Waals surface area contributed by atoms with Crippen LogP contribution in [0.2, 0.25) is 0 Å². The van der Waals surface area contributed by atoms with Gasteiger partial charge in [0.2, 0.25) is 0 Å². The smallest absolute Gasteiger partial charge is 0.293 e. The molecule has 2 saturated heterocycles. The molecule has 1 N–H and O–H groups in total. The molecule has 2 aliphatic rings. The van der Waals surface area contributed by atoms with Crippen molar-refractivity contribution in [3.63, 3.8) is 0 Å². The number of hydrogen-bond donors (Lipinski definition) is 1. The van der Waals surface area contributed by atoms with Crippen LogP contribution in [0.15, 0.2) is 17.2 Å². The number of aliphatic hydroxyl groups is 1. The molecule has 2 unspecified atom stereocenters. The second-order valence-corrected chi connectivity index (χ2v) is 5.08. The van der Waals surface area contributed by atoms with E-state index in [-0.39, 0.29) is 23.7 Å². The number of aryl methyl sites for hydroxylation is 1. The van der Waals surface area contributed by atoms with Crippen molar-refractivity contribution in [2.75, 3.05) is 4.90 Å². The average molecular weight is 235 g/mol. The van der Waals surface area contributed by atoms with Crippen LogP contribution in [0.25, 0.3) is 0 Å². The Bertz CT molecular complexity index is 471. The summed E-state index contributed by atoms with van der Waals surface area (Å²) in [4.78, 5) is 18.4. The van der Waals surface area contributed by atoms with Gasteiger partial charge in [0.05, 0.1) is 6.10 Å². The van der Waals surface area contributed by atoms with Gasteiger partial charge < -0.3 is 14.6 Å². The van der Waals surface area contributed by atoms with E-state index < -0.39 is 0 Å². The van der Waals surface area contributed by atoms with Gasteiger partial charge >= 0.3 is 0 Å². The van der Waals surface area contributed by atoms with Gasteiger partial charge in [0.1, 0.15) is 0 Å². The standard InChI is InChI=1S/C12H17N3O2/c1-14-5-4-13-11(12(14)17)15-8-2-3-9(15)7-10(16)6-8/h4-5,8-10,16H,2-3,6-7H2,1H3. The summed E-state index contributed by atoms with van der Waals surface area (Å²) < 4.78 is 1.56. The van der Waals surface area contributed by atoms with Crippen LogP contribution in [0.1, 0.15) is 25.7 Å². The number of aromatic nitrogens is 2. The van der Waals surface area contributed by atoms with Gasteiger partial charge in [-0.2, -0.15) is 0 Å². The second-order valence-electron chi connectivity index (χ2n) is 5.08. The third kappa shape index (κ3) is 1.65. The fourth-order valence-corrected chi connectivity index (χ4v) is 3.16. The lowest BCUT2D eigenvalue weighted by Gasteiger charge is -2.37. The highest BCUT2D eigenvalue weighted by atomic mass is 16.3. The van der Waals surface area contributed by atoms with Crippen LogP contribution in [-0.2, 0) is 7.05 Å². The molecule has 2 atom stereocenters. The first-order valence-corrected chi connectivity index (χ1v) is 6.15. The summed E-state index contributed by atoms with van der Waals surface area (Å²) in [6, 6.07) is 0.567. The van der Waals surface area contributed by atoms with Crippen molar-refractivity contribution in [2.45, 2.75) is 43.9 Å². The SMILES string of the molecule is Cn1ccnc(N2C3CCC2CC(O)C3)c1=O. The van der Waals surface area contributed by atoms with Gasteiger partial charge in [-0.05, 0) is 25.7 Å². The van der Waals surface area contributed by atoms with E-state index in [2.05, 4.69) is 9.88 Å². The zero-order valence-electron chi connectivity index (χ0n) is 9.91. The van der Waals surface area contributed by atoms with Gasteiger partial charge in [0.15, 0.2) is 5.82 Å². The molecule has 17 heavy (non-hydrogen) atoms. The molecule has 2 fully saturated rings. The van der Waals surface area contributed by atoms with Crippen LogP contribution in [0, 0.1) is 0 Å². The predicted octanol–water partition coefficient (Wildman–Crippen LogP) is 0.272. The van der Waals surface area contributed by atoms with E-state index >= 15 is 0 Å². The third-order valence-corrected chi connectivity index (χ3v) is 3.95. The minimum absolute atomic E-state index is 0.0409. The average Bonchev–Trinajstić information content (AvgIpc) is 2.55. The Labute approximate surface area is 99.7 Å². The number of anilines is 1. The van der Waals surface area contributed by atoms with Crippen molar-refractivity contribution in [1.29, 1.82) is 0 Å². The number of piperidine rings is 1. The van der Waals surface area contributed by atoms with Gasteiger partial charge in [-0.3, -0.25) is 4.79 Å². The molecule has 0 spiro atoms. The van der Waals surface area contributed by atoms with Crippen LogP contribution < -0.4 is 10.5 Å². The van der Waals surface area contributed by atoms with Crippen molar-refractivity contribution in [3.8, 4) is 0 Å². The lowest BCUT2D eigenvalue weighted by molar-refractivity contribution is 0.126. The van der Waals surface area contributed by atoms with E-state index in [4.69, 9.17) is 0 Å². The summed E-state index contributed by atoms with van der Waals surface area (Å²) in [6.07, 6.45) is 6.76. The Kier molecular flexibility index (Phi) is 2.43. The van der Waals surface area contributed by atoms with Crippen molar-refractivity contribution in [2.24, 2.45) is 7.05 Å². The summed E-state index contributed by atoms with van der Waals surface area (Å²) in [6.45, 7) is 0. The molecule has 1 aromatic rings. The first-order chi connectivity index (χ1) is 8.16. The highest BCUT2D eigenvalue weighted by molar-refractivity contribution is 5.42. The molecule has 3 rings (SSSR count). The van der Waals surface area contributed by atoms with E-state index in [1.807, 2.05) is 0 Å². The van der Waals surface area contributed by atoms with Crippen molar-refractivity contribution in [1.82, 2.24) is 9.55 Å². The van der Waals surface area contributed by atoms with Crippen molar-refractivity contribution in [3.05, 3.63) is 22.7 Å². The number of hydrogen-bond acceptors (Lipinski definition) is 4. The van der Waals surface area contributed by atoms with E-state index in [9.17, 15) is 9.90 Å². The molecule has 92 valence electrons. The maximum absolute atomic E-state index is 12.1. The first-order valence-electron chi connectivity index (χ1n) is 6.15. The van der Waals surface area contributed by atoms with Gasteiger partial charge in [-0.1, -0.05) is 0 Å². The molecule has 0 saturated carbocycles. The molecule has 5 heteroatoms. The monoisotopic (exact) mass is 235 g/mol. The lowest BCUT2D eigenvalue weighted by atomic mass is 10.00. The number of aliphatic hydroxyl groups excluding tert-OH is 1. The summed E-state index contributed by atoms with van der Waals surface area (Å²) in [5.41, 5.74) is -0.0409. The molecule has 0 radical (unpaired) electrons. The normalized spacial score (nSPS) is 31.9. The van der Waals surface area contributed by atoms with Crippen LogP contribution in [0.4, 0.5) is 5.82 Å². The Balaban J connectivity index is 2.00. The highest BCUT2D eigenvalue weighted by Crippen LogP contribution is 2.37. The minimum Gasteiger partial charge on any atom is -0.393 e. The summed E-state index contributed by atoms with van der Waals surface area (Å²) in [5.74, 6) is 0.550. The molecule has 2 bridgehead atoms. The lowest BCUT2D eigenvalue weighted by Crippen LogP contribution is -2.47. The maximum atomic E-state index is 12.1. The molecule has 3 heterocycles. The molecule has 0 aliphatic carbocycles. The van der Waals surface area contributed by atoms with Gasteiger partial charge in [0, 0.05) is 31.5 Å². The zero-order valence-corrected chi connectivity index (χ0v) is 9.91. The quantitative estimate of drug-likeness (QED) is 0.759. The maximum Gasteiger partial charge on any atom is 0.293 e. The fourth-order valence-electron chi connectivity index (χ4n) is 3.16. The predicted molar refractivity (Wildman–Crippen MR) is 64.0 cm³/mol. The number of rotatable bonds is 1. The molecular formula is C12H17N3O2. The van der Waals surface area contributed by atoms with Gasteiger partial charge in [-0.25, -0.2) is 4.98 Å². The number of nitrogens with zero attached hydrogens (tertiary/aromatic N) is 3.